The summed E-state index contributed by atoms with van der Waals surface area (Å²) in [7, 11) is 1.38. The van der Waals surface area contributed by atoms with E-state index in [1.54, 1.807) is 6.08 Å². The zero-order valence-electron chi connectivity index (χ0n) is 15.9. The van der Waals surface area contributed by atoms with Crippen molar-refractivity contribution in [2.45, 2.75) is 76.7 Å². The Balaban J connectivity index is 2.43. The van der Waals surface area contributed by atoms with E-state index >= 15 is 0 Å². The Bertz CT molecular complexity index is 498. The fourth-order valence-electron chi connectivity index (χ4n) is 3.00. The van der Waals surface area contributed by atoms with Crippen LogP contribution in [0.25, 0.3) is 0 Å². The van der Waals surface area contributed by atoms with Crippen molar-refractivity contribution in [2.75, 3.05) is 7.11 Å². The molecule has 1 aliphatic rings. The number of hydrogen-bond acceptors (Lipinski definition) is 4. The number of carbonyl (C=O) groups is 1. The minimum Gasteiger partial charge on any atom is -0.469 e. The van der Waals surface area contributed by atoms with Crippen LogP contribution in [0.1, 0.15) is 58.3 Å². The molecule has 0 aromatic carbocycles. The smallest absolute Gasteiger partial charge is 0.305 e. The molecule has 1 aliphatic carbocycles. The summed E-state index contributed by atoms with van der Waals surface area (Å²) in [5.74, 6) is -0.378. The molecule has 0 saturated carbocycles. The number of halogens is 1. The summed E-state index contributed by atoms with van der Waals surface area (Å²) in [5.41, 5.74) is 1.08. The largest absolute Gasteiger partial charge is 0.469 e. The molecule has 2 N–H and O–H groups in total. The van der Waals surface area contributed by atoms with E-state index in [9.17, 15) is 19.4 Å². The van der Waals surface area contributed by atoms with Crippen molar-refractivity contribution in [2.24, 2.45) is 5.92 Å². The molecule has 0 aliphatic heterocycles. The van der Waals surface area contributed by atoms with Gasteiger partial charge in [-0.1, -0.05) is 55.7 Å². The van der Waals surface area contributed by atoms with Crippen molar-refractivity contribution in [1.29, 1.82) is 0 Å². The summed E-state index contributed by atoms with van der Waals surface area (Å²) < 4.78 is 18.4. The molecule has 4 nitrogen and oxygen atoms in total. The molecule has 0 spiro atoms. The lowest BCUT2D eigenvalue weighted by atomic mass is 9.95. The topological polar surface area (TPSA) is 66.8 Å². The monoisotopic (exact) mass is 368 g/mol. The van der Waals surface area contributed by atoms with E-state index in [0.717, 1.165) is 31.3 Å². The first-order chi connectivity index (χ1) is 12.5. The molecule has 5 heteroatoms. The molecule has 0 heterocycles. The van der Waals surface area contributed by atoms with E-state index in [4.69, 9.17) is 0 Å². The van der Waals surface area contributed by atoms with Gasteiger partial charge in [-0.3, -0.25) is 4.79 Å². The number of alkyl halides is 1. The number of esters is 1. The van der Waals surface area contributed by atoms with Gasteiger partial charge >= 0.3 is 5.97 Å². The highest BCUT2D eigenvalue weighted by atomic mass is 19.1. The summed E-state index contributed by atoms with van der Waals surface area (Å²) in [5, 5.41) is 20.0. The molecule has 148 valence electrons. The number of carbonyl (C=O) groups excluding carboxylic acids is 1. The van der Waals surface area contributed by atoms with Crippen LogP contribution >= 0.6 is 0 Å². The van der Waals surface area contributed by atoms with Crippen LogP contribution in [0.15, 0.2) is 36.0 Å². The number of allylic oxidation sites excluding steroid dienone is 2. The van der Waals surface area contributed by atoms with Gasteiger partial charge in [0.25, 0.3) is 0 Å². The standard InChI is InChI=1S/C21H33FO4/c1-3-4-10-18(22)20(24)15-13-17-16(12-14-19(17)23)9-7-5-6-8-11-21(25)26-2/h5,7,12-13,15,17-20,23-24H,3-4,6,8-11,14H2,1-2H3/t17-,18?,19-,20-/m1/s1. The van der Waals surface area contributed by atoms with Gasteiger partial charge in [-0.15, -0.1) is 0 Å². The van der Waals surface area contributed by atoms with Gasteiger partial charge in [-0.05, 0) is 32.1 Å². The van der Waals surface area contributed by atoms with Crippen LogP contribution in [0.3, 0.4) is 0 Å². The van der Waals surface area contributed by atoms with Gasteiger partial charge < -0.3 is 14.9 Å². The Morgan fingerprint density at radius 1 is 1.42 bits per heavy atom. The maximum absolute atomic E-state index is 13.8. The summed E-state index contributed by atoms with van der Waals surface area (Å²) in [6.45, 7) is 1.99. The predicted octanol–water partition coefficient (Wildman–Crippen LogP) is 4.03. The molecule has 0 fully saturated rings. The van der Waals surface area contributed by atoms with E-state index in [0.29, 0.717) is 25.7 Å². The Morgan fingerprint density at radius 3 is 2.88 bits per heavy atom. The van der Waals surface area contributed by atoms with Gasteiger partial charge in [0.1, 0.15) is 12.3 Å². The molecule has 26 heavy (non-hydrogen) atoms. The molecule has 1 unspecified atom stereocenters. The third-order valence-corrected chi connectivity index (χ3v) is 4.68. The van der Waals surface area contributed by atoms with E-state index < -0.39 is 18.4 Å². The second-order valence-corrected chi connectivity index (χ2v) is 6.79. The second kappa shape index (κ2) is 12.8. The van der Waals surface area contributed by atoms with Gasteiger partial charge in [-0.25, -0.2) is 4.39 Å². The summed E-state index contributed by atoms with van der Waals surface area (Å²) in [6.07, 6.45) is 11.6. The van der Waals surface area contributed by atoms with Crippen LogP contribution in [0.4, 0.5) is 4.39 Å². The zero-order valence-corrected chi connectivity index (χ0v) is 15.9. The Morgan fingerprint density at radius 2 is 2.19 bits per heavy atom. The molecular formula is C21H33FO4. The minimum atomic E-state index is -1.26. The first kappa shape index (κ1) is 22.6. The molecule has 0 saturated heterocycles. The maximum atomic E-state index is 13.8. The Kier molecular flexibility index (Phi) is 11.1. The van der Waals surface area contributed by atoms with E-state index in [-0.39, 0.29) is 11.9 Å². The fraction of sp³-hybridized carbons (Fsp3) is 0.667. The van der Waals surface area contributed by atoms with Gasteiger partial charge in [-0.2, -0.15) is 0 Å². The second-order valence-electron chi connectivity index (χ2n) is 6.79. The van der Waals surface area contributed by atoms with E-state index in [1.165, 1.54) is 13.2 Å². The SMILES string of the molecule is CCCCC(F)[C@H](O)C=C[C@@H]1C(CC=CCCCC(=O)OC)=CC[C@H]1O. The van der Waals surface area contributed by atoms with Crippen molar-refractivity contribution in [3.05, 3.63) is 36.0 Å². The van der Waals surface area contributed by atoms with Crippen LogP contribution in [0, 0.1) is 5.92 Å². The normalized spacial score (nSPS) is 22.7. The quantitative estimate of drug-likeness (QED) is 0.310. The number of aliphatic hydroxyl groups is 2. The van der Waals surface area contributed by atoms with Crippen LogP contribution < -0.4 is 0 Å². The van der Waals surface area contributed by atoms with Crippen molar-refractivity contribution >= 4 is 5.97 Å². The van der Waals surface area contributed by atoms with Crippen LogP contribution in [0.5, 0.6) is 0 Å². The van der Waals surface area contributed by atoms with E-state index in [1.807, 2.05) is 25.2 Å². The first-order valence-corrected chi connectivity index (χ1v) is 9.58. The number of aliphatic hydroxyl groups excluding tert-OH is 2. The van der Waals surface area contributed by atoms with Crippen LogP contribution in [-0.4, -0.2) is 41.7 Å². The number of methoxy groups -OCH3 is 1. The van der Waals surface area contributed by atoms with Crippen molar-refractivity contribution in [1.82, 2.24) is 0 Å². The summed E-state index contributed by atoms with van der Waals surface area (Å²) in [4.78, 5) is 11.0. The first-order valence-electron chi connectivity index (χ1n) is 9.58. The molecule has 1 rings (SSSR count). The number of ether oxygens (including phenoxy) is 1. The number of hydrogen-bond donors (Lipinski definition) is 2. The molecular weight excluding hydrogens is 335 g/mol. The van der Waals surface area contributed by atoms with Gasteiger partial charge in [0.15, 0.2) is 0 Å². The van der Waals surface area contributed by atoms with Crippen molar-refractivity contribution in [3.8, 4) is 0 Å². The third kappa shape index (κ3) is 8.28. The molecule has 0 aromatic rings. The van der Waals surface area contributed by atoms with Crippen LogP contribution in [-0.2, 0) is 9.53 Å². The van der Waals surface area contributed by atoms with Crippen LogP contribution in [0.2, 0.25) is 0 Å². The maximum Gasteiger partial charge on any atom is 0.305 e. The molecule has 0 amide bonds. The minimum absolute atomic E-state index is 0.178. The fourth-order valence-corrected chi connectivity index (χ4v) is 3.00. The van der Waals surface area contributed by atoms with Crippen molar-refractivity contribution in [3.63, 3.8) is 0 Å². The Labute approximate surface area is 156 Å². The van der Waals surface area contributed by atoms with Gasteiger partial charge in [0.2, 0.25) is 0 Å². The zero-order chi connectivity index (χ0) is 19.4. The molecule has 4 atom stereocenters. The molecule has 0 radical (unpaired) electrons. The molecule has 0 bridgehead atoms. The lowest BCUT2D eigenvalue weighted by Crippen LogP contribution is -2.21. The highest BCUT2D eigenvalue weighted by molar-refractivity contribution is 5.69. The lowest BCUT2D eigenvalue weighted by Gasteiger charge is -2.16. The average Bonchev–Trinajstić information content (AvgIpc) is 2.99. The molecule has 0 aromatic heterocycles. The highest BCUT2D eigenvalue weighted by Gasteiger charge is 2.25. The Hall–Kier alpha value is -1.46. The predicted molar refractivity (Wildman–Crippen MR) is 101 cm³/mol. The van der Waals surface area contributed by atoms with Crippen molar-refractivity contribution < 1.29 is 24.1 Å². The van der Waals surface area contributed by atoms with Gasteiger partial charge in [0.05, 0.1) is 13.2 Å². The number of rotatable bonds is 12. The third-order valence-electron chi connectivity index (χ3n) is 4.68. The number of unbranched alkanes of at least 4 members (excludes halogenated alkanes) is 2. The van der Waals surface area contributed by atoms with E-state index in [2.05, 4.69) is 4.74 Å². The van der Waals surface area contributed by atoms with Gasteiger partial charge in [0, 0.05) is 12.3 Å². The summed E-state index contributed by atoms with van der Waals surface area (Å²) in [6, 6.07) is 0. The highest BCUT2D eigenvalue weighted by Crippen LogP contribution is 2.30. The summed E-state index contributed by atoms with van der Waals surface area (Å²) >= 11 is 0. The lowest BCUT2D eigenvalue weighted by molar-refractivity contribution is -0.140. The average molecular weight is 368 g/mol.